The first-order valence-electron chi connectivity index (χ1n) is 8.50. The SMILES string of the molecule is C=C.CC.CC.CC.CC/C=C\CC1CC1.CCC. The second kappa shape index (κ2) is 52.8. The van der Waals surface area contributed by atoms with Crippen molar-refractivity contribution in [1.82, 2.24) is 0 Å². The fourth-order valence-corrected chi connectivity index (χ4v) is 0.809. The second-order valence-corrected chi connectivity index (χ2v) is 3.27. The number of hydrogen-bond donors (Lipinski definition) is 0. The quantitative estimate of drug-likeness (QED) is 0.456. The second-order valence-electron chi connectivity index (χ2n) is 3.27. The van der Waals surface area contributed by atoms with E-state index in [1.807, 2.05) is 41.5 Å². The maximum Gasteiger partial charge on any atom is -0.0322 e. The summed E-state index contributed by atoms with van der Waals surface area (Å²) >= 11 is 0. The molecule has 0 amide bonds. The Bertz CT molecular complexity index is 98.6. The van der Waals surface area contributed by atoms with Gasteiger partial charge >= 0.3 is 0 Å². The van der Waals surface area contributed by atoms with Crippen LogP contribution in [0, 0.1) is 5.92 Å². The van der Waals surface area contributed by atoms with Crippen LogP contribution in [0.15, 0.2) is 25.3 Å². The molecule has 1 rings (SSSR count). The van der Waals surface area contributed by atoms with Crippen molar-refractivity contribution in [1.29, 1.82) is 0 Å². The molecule has 120 valence electrons. The Morgan fingerprint density at radius 3 is 1.32 bits per heavy atom. The minimum absolute atomic E-state index is 1.07. The summed E-state index contributed by atoms with van der Waals surface area (Å²) in [5.41, 5.74) is 0. The number of hydrogen-bond acceptors (Lipinski definition) is 0. The minimum atomic E-state index is 1.07. The molecular formula is C19H44. The standard InChI is InChI=1S/C8H14.C3H8.3C2H6.C2H4/c1-2-3-4-5-8-6-7-8;1-3-2;4*1-2/h3-4,8H,2,5-7H2,1H3;3H2,1-2H3;3*1-2H3;1-2H2/b4-3-;;;;;. The molecule has 0 aromatic carbocycles. The molecule has 0 nitrogen and oxygen atoms in total. The molecular weight excluding hydrogens is 228 g/mol. The zero-order valence-corrected chi connectivity index (χ0v) is 15.7. The first-order valence-corrected chi connectivity index (χ1v) is 8.50. The van der Waals surface area contributed by atoms with E-state index < -0.39 is 0 Å². The molecule has 0 bridgehead atoms. The van der Waals surface area contributed by atoms with Gasteiger partial charge in [0, 0.05) is 0 Å². The molecule has 1 fully saturated rings. The van der Waals surface area contributed by atoms with Crippen LogP contribution in [0.3, 0.4) is 0 Å². The Hall–Kier alpha value is -0.520. The van der Waals surface area contributed by atoms with E-state index >= 15 is 0 Å². The van der Waals surface area contributed by atoms with E-state index in [2.05, 4.69) is 46.1 Å². The lowest BCUT2D eigenvalue weighted by molar-refractivity contribution is 0.859. The van der Waals surface area contributed by atoms with Crippen LogP contribution in [-0.2, 0) is 0 Å². The first kappa shape index (κ1) is 31.1. The average Bonchev–Trinajstić information content (AvgIpc) is 3.33. The van der Waals surface area contributed by atoms with Crippen LogP contribution in [0.25, 0.3) is 0 Å². The van der Waals surface area contributed by atoms with Crippen molar-refractivity contribution in [2.24, 2.45) is 5.92 Å². The fraction of sp³-hybridized carbons (Fsp3) is 0.789. The molecule has 0 aliphatic heterocycles. The van der Waals surface area contributed by atoms with Gasteiger partial charge in [-0.25, -0.2) is 0 Å². The van der Waals surface area contributed by atoms with Crippen molar-refractivity contribution in [2.75, 3.05) is 0 Å². The molecule has 0 spiro atoms. The van der Waals surface area contributed by atoms with Crippen molar-refractivity contribution in [3.8, 4) is 0 Å². The summed E-state index contributed by atoms with van der Waals surface area (Å²) in [6, 6.07) is 0. The van der Waals surface area contributed by atoms with Crippen LogP contribution < -0.4 is 0 Å². The Labute approximate surface area is 126 Å². The van der Waals surface area contributed by atoms with Gasteiger partial charge < -0.3 is 0 Å². The van der Waals surface area contributed by atoms with Gasteiger partial charge in [-0.15, -0.1) is 13.2 Å². The summed E-state index contributed by atoms with van der Waals surface area (Å²) in [5.74, 6) is 1.07. The molecule has 0 unspecified atom stereocenters. The summed E-state index contributed by atoms with van der Waals surface area (Å²) in [7, 11) is 0. The maximum absolute atomic E-state index is 3.00. The van der Waals surface area contributed by atoms with Gasteiger partial charge in [-0.1, -0.05) is 80.9 Å². The summed E-state index contributed by atoms with van der Waals surface area (Å²) < 4.78 is 0. The van der Waals surface area contributed by atoms with Gasteiger partial charge in [-0.2, -0.15) is 0 Å². The Balaban J connectivity index is -0.0000000508. The van der Waals surface area contributed by atoms with Crippen LogP contribution in [-0.4, -0.2) is 0 Å². The molecule has 1 aliphatic carbocycles. The summed E-state index contributed by atoms with van der Waals surface area (Å²) in [6.45, 7) is 24.4. The third kappa shape index (κ3) is 74.9. The van der Waals surface area contributed by atoms with E-state index in [1.165, 1.54) is 32.1 Å². The molecule has 0 aromatic rings. The normalized spacial score (nSPS) is 10.6. The van der Waals surface area contributed by atoms with Crippen LogP contribution in [0.4, 0.5) is 0 Å². The van der Waals surface area contributed by atoms with Gasteiger partial charge in [0.2, 0.25) is 0 Å². The molecule has 1 aliphatic rings. The van der Waals surface area contributed by atoms with Crippen LogP contribution >= 0.6 is 0 Å². The van der Waals surface area contributed by atoms with Crippen LogP contribution in [0.5, 0.6) is 0 Å². The third-order valence-electron chi connectivity index (χ3n) is 1.57. The molecule has 0 atom stereocenters. The summed E-state index contributed by atoms with van der Waals surface area (Å²) in [4.78, 5) is 0. The Morgan fingerprint density at radius 2 is 1.11 bits per heavy atom. The van der Waals surface area contributed by atoms with Gasteiger partial charge in [0.1, 0.15) is 0 Å². The predicted octanol–water partition coefficient (Wildman–Crippen LogP) is 8.05. The highest BCUT2D eigenvalue weighted by atomic mass is 14.2. The molecule has 19 heavy (non-hydrogen) atoms. The topological polar surface area (TPSA) is 0 Å². The van der Waals surface area contributed by atoms with E-state index in [9.17, 15) is 0 Å². The first-order chi connectivity index (χ1) is 9.35. The maximum atomic E-state index is 3.00. The third-order valence-corrected chi connectivity index (χ3v) is 1.57. The van der Waals surface area contributed by atoms with E-state index in [1.54, 1.807) is 0 Å². The number of rotatable bonds is 3. The predicted molar refractivity (Wildman–Crippen MR) is 98.0 cm³/mol. The monoisotopic (exact) mass is 272 g/mol. The summed E-state index contributed by atoms with van der Waals surface area (Å²) in [5, 5.41) is 0. The van der Waals surface area contributed by atoms with Gasteiger partial charge in [-0.3, -0.25) is 0 Å². The van der Waals surface area contributed by atoms with E-state index in [0.717, 1.165) is 5.92 Å². The fourth-order valence-electron chi connectivity index (χ4n) is 0.809. The Kier molecular flexibility index (Phi) is 86.4. The highest BCUT2D eigenvalue weighted by Gasteiger charge is 2.18. The van der Waals surface area contributed by atoms with E-state index in [-0.39, 0.29) is 0 Å². The number of allylic oxidation sites excluding steroid dienone is 2. The molecule has 0 radical (unpaired) electrons. The largest absolute Gasteiger partial charge is 0.106 e. The molecule has 0 heterocycles. The minimum Gasteiger partial charge on any atom is -0.106 e. The van der Waals surface area contributed by atoms with Crippen LogP contribution in [0.2, 0.25) is 0 Å². The molecule has 0 heteroatoms. The molecule has 0 N–H and O–H groups in total. The van der Waals surface area contributed by atoms with E-state index in [4.69, 9.17) is 0 Å². The smallest absolute Gasteiger partial charge is 0.0322 e. The van der Waals surface area contributed by atoms with Gasteiger partial charge in [0.25, 0.3) is 0 Å². The zero-order valence-electron chi connectivity index (χ0n) is 15.7. The van der Waals surface area contributed by atoms with Crippen molar-refractivity contribution in [3.05, 3.63) is 25.3 Å². The highest BCUT2D eigenvalue weighted by molar-refractivity contribution is 4.87. The lowest BCUT2D eigenvalue weighted by atomic mass is 10.2. The average molecular weight is 273 g/mol. The van der Waals surface area contributed by atoms with Crippen molar-refractivity contribution in [3.63, 3.8) is 0 Å². The zero-order chi connectivity index (χ0) is 16.5. The summed E-state index contributed by atoms with van der Waals surface area (Å²) in [6.07, 6.45) is 11.3. The lowest BCUT2D eigenvalue weighted by Gasteiger charge is -1.82. The molecule has 1 saturated carbocycles. The molecule has 0 saturated heterocycles. The van der Waals surface area contributed by atoms with Crippen LogP contribution in [0.1, 0.15) is 94.4 Å². The lowest BCUT2D eigenvalue weighted by Crippen LogP contribution is -1.66. The van der Waals surface area contributed by atoms with Gasteiger partial charge in [0.15, 0.2) is 0 Å². The van der Waals surface area contributed by atoms with Gasteiger partial charge in [-0.05, 0) is 31.6 Å². The van der Waals surface area contributed by atoms with Crippen molar-refractivity contribution in [2.45, 2.75) is 94.4 Å². The van der Waals surface area contributed by atoms with Gasteiger partial charge in [0.05, 0.1) is 0 Å². The van der Waals surface area contributed by atoms with Crippen molar-refractivity contribution >= 4 is 0 Å². The molecule has 0 aromatic heterocycles. The Morgan fingerprint density at radius 1 is 0.789 bits per heavy atom. The van der Waals surface area contributed by atoms with Crippen molar-refractivity contribution < 1.29 is 0 Å². The van der Waals surface area contributed by atoms with E-state index in [0.29, 0.717) is 0 Å². The highest BCUT2D eigenvalue weighted by Crippen LogP contribution is 2.32.